The van der Waals surface area contributed by atoms with Gasteiger partial charge in [0.1, 0.15) is 5.76 Å². The van der Waals surface area contributed by atoms with Crippen molar-refractivity contribution in [1.82, 2.24) is 4.72 Å². The molecule has 0 amide bonds. The van der Waals surface area contributed by atoms with Gasteiger partial charge in [-0.15, -0.1) is 0 Å². The fourth-order valence-corrected chi connectivity index (χ4v) is 4.35. The van der Waals surface area contributed by atoms with E-state index in [1.54, 1.807) is 12.1 Å². The van der Waals surface area contributed by atoms with Gasteiger partial charge in [0.05, 0.1) is 28.3 Å². The van der Waals surface area contributed by atoms with Crippen LogP contribution < -0.4 is 9.44 Å². The van der Waals surface area contributed by atoms with E-state index in [1.165, 1.54) is 24.5 Å². The number of rotatable bonds is 7. The van der Waals surface area contributed by atoms with Gasteiger partial charge in [-0.3, -0.25) is 4.72 Å². The highest BCUT2D eigenvalue weighted by Crippen LogP contribution is 2.21. The molecule has 3 rings (SSSR count). The van der Waals surface area contributed by atoms with Crippen LogP contribution >= 0.6 is 0 Å². The number of anilines is 1. The van der Waals surface area contributed by atoms with Gasteiger partial charge < -0.3 is 4.42 Å². The number of furan rings is 1. The Bertz CT molecular complexity index is 1190. The van der Waals surface area contributed by atoms with Gasteiger partial charge in [-0.25, -0.2) is 30.3 Å². The molecule has 0 unspecified atom stereocenters. The summed E-state index contributed by atoms with van der Waals surface area (Å²) < 4.78 is 85.2. The molecule has 0 saturated heterocycles. The average Bonchev–Trinajstić information content (AvgIpc) is 3.16. The number of nitrogens with one attached hydrogen (secondary N) is 2. The van der Waals surface area contributed by atoms with Crippen molar-refractivity contribution in [1.29, 1.82) is 0 Å². The molecule has 0 aliphatic rings. The summed E-state index contributed by atoms with van der Waals surface area (Å²) in [5.74, 6) is -2.10. The highest BCUT2D eigenvalue weighted by molar-refractivity contribution is 7.92. The topological polar surface area (TPSA) is 105 Å². The van der Waals surface area contributed by atoms with Crippen LogP contribution in [0.5, 0.6) is 0 Å². The van der Waals surface area contributed by atoms with Gasteiger partial charge in [0.2, 0.25) is 10.0 Å². The monoisotopic (exact) mass is 428 g/mol. The molecule has 2 N–H and O–H groups in total. The minimum absolute atomic E-state index is 0.0643. The lowest BCUT2D eigenvalue weighted by atomic mass is 10.3. The lowest BCUT2D eigenvalue weighted by Crippen LogP contribution is -2.23. The molecule has 1 aromatic heterocycles. The van der Waals surface area contributed by atoms with Crippen molar-refractivity contribution < 1.29 is 30.0 Å². The summed E-state index contributed by atoms with van der Waals surface area (Å²) in [4.78, 5) is -0.694. The summed E-state index contributed by atoms with van der Waals surface area (Å²) in [6, 6.07) is 10.3. The Labute approximate surface area is 160 Å². The summed E-state index contributed by atoms with van der Waals surface area (Å²) in [5.41, 5.74) is -0.0643. The van der Waals surface area contributed by atoms with Crippen molar-refractivity contribution in [2.75, 3.05) is 4.72 Å². The molecule has 1 heterocycles. The van der Waals surface area contributed by atoms with E-state index in [4.69, 9.17) is 4.42 Å². The second-order valence-electron chi connectivity index (χ2n) is 5.61. The highest BCUT2D eigenvalue weighted by atomic mass is 32.2. The molecule has 0 radical (unpaired) electrons. The molecule has 7 nitrogen and oxygen atoms in total. The quantitative estimate of drug-likeness (QED) is 0.602. The van der Waals surface area contributed by atoms with E-state index >= 15 is 0 Å². The predicted molar refractivity (Wildman–Crippen MR) is 96.3 cm³/mol. The minimum Gasteiger partial charge on any atom is -0.468 e. The van der Waals surface area contributed by atoms with Crippen LogP contribution in [-0.4, -0.2) is 16.8 Å². The number of sulfonamides is 2. The van der Waals surface area contributed by atoms with Crippen LogP contribution in [0, 0.1) is 11.6 Å². The Morgan fingerprint density at radius 2 is 1.57 bits per heavy atom. The fraction of sp³-hybridized carbons (Fsp3) is 0.0588. The molecule has 148 valence electrons. The van der Waals surface area contributed by atoms with Crippen molar-refractivity contribution in [3.8, 4) is 0 Å². The molecule has 2 aromatic carbocycles. The second-order valence-corrected chi connectivity index (χ2v) is 9.06. The van der Waals surface area contributed by atoms with Gasteiger partial charge in [0.25, 0.3) is 10.0 Å². The van der Waals surface area contributed by atoms with Crippen molar-refractivity contribution >= 4 is 25.7 Å². The molecule has 3 aromatic rings. The van der Waals surface area contributed by atoms with Crippen LogP contribution in [0.4, 0.5) is 14.5 Å². The zero-order chi connectivity index (χ0) is 20.4. The Morgan fingerprint density at radius 1 is 0.821 bits per heavy atom. The maximum atomic E-state index is 13.3. The van der Waals surface area contributed by atoms with E-state index in [0.29, 0.717) is 17.9 Å². The normalized spacial score (nSPS) is 12.1. The Balaban J connectivity index is 1.81. The fourth-order valence-electron chi connectivity index (χ4n) is 2.25. The summed E-state index contributed by atoms with van der Waals surface area (Å²) in [6.45, 7) is -0.0832. The summed E-state index contributed by atoms with van der Waals surface area (Å²) in [7, 11) is -8.20. The first-order valence-electron chi connectivity index (χ1n) is 7.77. The molecule has 28 heavy (non-hydrogen) atoms. The number of hydrogen-bond donors (Lipinski definition) is 2. The lowest BCUT2D eigenvalue weighted by molar-refractivity contribution is 0.498. The highest BCUT2D eigenvalue weighted by Gasteiger charge is 2.19. The van der Waals surface area contributed by atoms with Crippen LogP contribution in [-0.2, 0) is 26.6 Å². The number of benzene rings is 2. The number of hydrogen-bond acceptors (Lipinski definition) is 5. The molecule has 0 saturated carbocycles. The van der Waals surface area contributed by atoms with Crippen LogP contribution in [0.2, 0.25) is 0 Å². The molecular formula is C17H14F2N2O5S2. The van der Waals surface area contributed by atoms with E-state index in [1.807, 2.05) is 0 Å². The maximum absolute atomic E-state index is 13.3. The van der Waals surface area contributed by atoms with E-state index in [0.717, 1.165) is 12.1 Å². The molecule has 0 bridgehead atoms. The average molecular weight is 428 g/mol. The van der Waals surface area contributed by atoms with E-state index in [2.05, 4.69) is 9.44 Å². The largest absolute Gasteiger partial charge is 0.468 e. The standard InChI is InChI=1S/C17H14F2N2O5S2/c18-16-7-6-15(10-17(16)19)28(24,25)21-12-3-1-5-14(9-12)27(22,23)20-11-13-4-2-8-26-13/h1-10,20-21H,11H2. The third-order valence-electron chi connectivity index (χ3n) is 3.61. The van der Waals surface area contributed by atoms with Crippen LogP contribution in [0.15, 0.2) is 75.1 Å². The summed E-state index contributed by atoms with van der Waals surface area (Å²) >= 11 is 0. The predicted octanol–water partition coefficient (Wildman–Crippen LogP) is 2.84. The molecule has 11 heteroatoms. The van der Waals surface area contributed by atoms with Gasteiger partial charge >= 0.3 is 0 Å². The Kier molecular flexibility index (Phi) is 5.49. The van der Waals surface area contributed by atoms with Gasteiger partial charge in [0.15, 0.2) is 11.6 Å². The van der Waals surface area contributed by atoms with E-state index in [9.17, 15) is 25.6 Å². The molecule has 0 spiro atoms. The third-order valence-corrected chi connectivity index (χ3v) is 6.39. The third kappa shape index (κ3) is 4.55. The SMILES string of the molecule is O=S(=O)(NCc1ccco1)c1cccc(NS(=O)(=O)c2ccc(F)c(F)c2)c1. The summed E-state index contributed by atoms with van der Waals surface area (Å²) in [5, 5.41) is 0. The summed E-state index contributed by atoms with van der Waals surface area (Å²) in [6.07, 6.45) is 1.40. The van der Waals surface area contributed by atoms with Crippen molar-refractivity contribution in [3.63, 3.8) is 0 Å². The van der Waals surface area contributed by atoms with E-state index in [-0.39, 0.29) is 17.1 Å². The van der Waals surface area contributed by atoms with Crippen LogP contribution in [0.25, 0.3) is 0 Å². The van der Waals surface area contributed by atoms with E-state index < -0.39 is 36.6 Å². The Hall–Kier alpha value is -2.76. The minimum atomic E-state index is -4.25. The molecule has 0 atom stereocenters. The van der Waals surface area contributed by atoms with Crippen molar-refractivity contribution in [2.45, 2.75) is 16.3 Å². The van der Waals surface area contributed by atoms with Crippen LogP contribution in [0.1, 0.15) is 5.76 Å². The number of halogens is 2. The lowest BCUT2D eigenvalue weighted by Gasteiger charge is -2.10. The Morgan fingerprint density at radius 3 is 2.25 bits per heavy atom. The first kappa shape index (κ1) is 20.0. The van der Waals surface area contributed by atoms with Gasteiger partial charge in [-0.2, -0.15) is 0 Å². The van der Waals surface area contributed by atoms with Crippen LogP contribution in [0.3, 0.4) is 0 Å². The van der Waals surface area contributed by atoms with Crippen molar-refractivity contribution in [3.05, 3.63) is 78.3 Å². The zero-order valence-corrected chi connectivity index (χ0v) is 15.7. The second kappa shape index (κ2) is 7.70. The van der Waals surface area contributed by atoms with Gasteiger partial charge in [-0.05, 0) is 48.5 Å². The zero-order valence-electron chi connectivity index (χ0n) is 14.1. The smallest absolute Gasteiger partial charge is 0.261 e. The molecule has 0 aliphatic carbocycles. The first-order chi connectivity index (χ1) is 13.2. The van der Waals surface area contributed by atoms with Crippen molar-refractivity contribution in [2.24, 2.45) is 0 Å². The molecular weight excluding hydrogens is 414 g/mol. The first-order valence-corrected chi connectivity index (χ1v) is 10.7. The van der Waals surface area contributed by atoms with Gasteiger partial charge in [0, 0.05) is 0 Å². The molecule has 0 fully saturated rings. The molecule has 0 aliphatic heterocycles. The van der Waals surface area contributed by atoms with Gasteiger partial charge in [-0.1, -0.05) is 6.07 Å². The maximum Gasteiger partial charge on any atom is 0.261 e.